The monoisotopic (exact) mass is 162 g/mol. The molecule has 0 N–H and O–H groups in total. The zero-order chi connectivity index (χ0) is 8.97. The Morgan fingerprint density at radius 2 is 2.33 bits per heavy atom. The van der Waals surface area contributed by atoms with Crippen molar-refractivity contribution in [3.8, 4) is 11.8 Å². The quantitative estimate of drug-likeness (QED) is 0.541. The fourth-order valence-corrected chi connectivity index (χ4v) is 1.29. The fourth-order valence-electron chi connectivity index (χ4n) is 1.29. The Hall–Kier alpha value is -1.03. The molecule has 1 atom stereocenters. The van der Waals surface area contributed by atoms with Crippen LogP contribution in [-0.2, 0) is 4.79 Å². The molecule has 0 saturated carbocycles. The van der Waals surface area contributed by atoms with E-state index in [0.29, 0.717) is 12.2 Å². The summed E-state index contributed by atoms with van der Waals surface area (Å²) in [4.78, 5) is 11.4. The number of ketones is 1. The zero-order valence-corrected chi connectivity index (χ0v) is 7.68. The van der Waals surface area contributed by atoms with Crippen molar-refractivity contribution >= 4 is 5.78 Å². The maximum atomic E-state index is 11.4. The molecular weight excluding hydrogens is 148 g/mol. The minimum absolute atomic E-state index is 0.198. The Labute approximate surface area is 73.9 Å². The minimum Gasteiger partial charge on any atom is -0.294 e. The summed E-state index contributed by atoms with van der Waals surface area (Å²) in [6, 6.07) is 0. The average Bonchev–Trinajstić information content (AvgIpc) is 2.36. The van der Waals surface area contributed by atoms with Crippen LogP contribution in [0, 0.1) is 17.8 Å². The largest absolute Gasteiger partial charge is 0.294 e. The maximum absolute atomic E-state index is 11.4. The Balaban J connectivity index is 2.49. The maximum Gasteiger partial charge on any atom is 0.162 e. The Bertz CT molecular complexity index is 262. The van der Waals surface area contributed by atoms with Crippen LogP contribution in [0.25, 0.3) is 0 Å². The Morgan fingerprint density at radius 3 is 2.83 bits per heavy atom. The first kappa shape index (κ1) is 9.06. The van der Waals surface area contributed by atoms with Crippen LogP contribution in [0.1, 0.15) is 33.1 Å². The molecule has 64 valence electrons. The first-order valence-electron chi connectivity index (χ1n) is 4.44. The van der Waals surface area contributed by atoms with Gasteiger partial charge >= 0.3 is 0 Å². The highest BCUT2D eigenvalue weighted by molar-refractivity contribution is 5.99. The lowest BCUT2D eigenvalue weighted by atomic mass is 10.1. The van der Waals surface area contributed by atoms with E-state index in [9.17, 15) is 4.79 Å². The molecular formula is C11H14O. The van der Waals surface area contributed by atoms with Crippen LogP contribution in [0.2, 0.25) is 0 Å². The van der Waals surface area contributed by atoms with Gasteiger partial charge in [-0.25, -0.2) is 0 Å². The van der Waals surface area contributed by atoms with E-state index in [-0.39, 0.29) is 5.92 Å². The summed E-state index contributed by atoms with van der Waals surface area (Å²) in [7, 11) is 0. The van der Waals surface area contributed by atoms with Crippen molar-refractivity contribution in [1.29, 1.82) is 0 Å². The lowest BCUT2D eigenvalue weighted by Crippen LogP contribution is -2.05. The molecule has 0 radical (unpaired) electrons. The molecule has 1 unspecified atom stereocenters. The van der Waals surface area contributed by atoms with Gasteiger partial charge in [0.15, 0.2) is 5.78 Å². The lowest BCUT2D eigenvalue weighted by Gasteiger charge is -1.97. The Kier molecular flexibility index (Phi) is 3.10. The summed E-state index contributed by atoms with van der Waals surface area (Å²) in [5.41, 5.74) is 0.920. The van der Waals surface area contributed by atoms with E-state index < -0.39 is 0 Å². The minimum atomic E-state index is 0.198. The van der Waals surface area contributed by atoms with Gasteiger partial charge in [0.2, 0.25) is 0 Å². The molecule has 1 aliphatic carbocycles. The van der Waals surface area contributed by atoms with Gasteiger partial charge in [-0.15, -0.1) is 5.92 Å². The van der Waals surface area contributed by atoms with Crippen molar-refractivity contribution in [3.63, 3.8) is 0 Å². The fraction of sp³-hybridized carbons (Fsp3) is 0.545. The highest BCUT2D eigenvalue weighted by Gasteiger charge is 2.21. The number of carbonyl (C=O) groups excluding carboxylic acids is 1. The van der Waals surface area contributed by atoms with Crippen molar-refractivity contribution in [2.24, 2.45) is 5.92 Å². The third kappa shape index (κ3) is 1.98. The number of rotatable bonds is 1. The van der Waals surface area contributed by atoms with Gasteiger partial charge < -0.3 is 0 Å². The SMILES string of the molecule is CCC#CCC1=CCC(C)C1=O. The Morgan fingerprint density at radius 1 is 1.58 bits per heavy atom. The van der Waals surface area contributed by atoms with Crippen LogP contribution in [-0.4, -0.2) is 5.78 Å². The number of Topliss-reactive ketones (excluding diaryl/α,β-unsaturated/α-hetero) is 1. The molecule has 0 aromatic heterocycles. The van der Waals surface area contributed by atoms with Gasteiger partial charge in [0, 0.05) is 24.3 Å². The van der Waals surface area contributed by atoms with Crippen LogP contribution in [0.5, 0.6) is 0 Å². The summed E-state index contributed by atoms with van der Waals surface area (Å²) in [5, 5.41) is 0. The van der Waals surface area contributed by atoms with E-state index in [1.54, 1.807) is 0 Å². The molecule has 0 aliphatic heterocycles. The third-order valence-corrected chi connectivity index (χ3v) is 2.06. The summed E-state index contributed by atoms with van der Waals surface area (Å²) in [6.07, 6.45) is 4.45. The highest BCUT2D eigenvalue weighted by atomic mass is 16.1. The molecule has 1 heteroatoms. The number of hydrogen-bond donors (Lipinski definition) is 0. The smallest absolute Gasteiger partial charge is 0.162 e. The van der Waals surface area contributed by atoms with Gasteiger partial charge in [-0.2, -0.15) is 0 Å². The van der Waals surface area contributed by atoms with E-state index in [1.165, 1.54) is 0 Å². The predicted molar refractivity (Wildman–Crippen MR) is 49.6 cm³/mol. The van der Waals surface area contributed by atoms with E-state index >= 15 is 0 Å². The van der Waals surface area contributed by atoms with Gasteiger partial charge in [0.1, 0.15) is 0 Å². The van der Waals surface area contributed by atoms with Gasteiger partial charge in [0.05, 0.1) is 0 Å². The molecule has 0 aromatic carbocycles. The van der Waals surface area contributed by atoms with Crippen LogP contribution in [0.4, 0.5) is 0 Å². The normalized spacial score (nSPS) is 21.7. The van der Waals surface area contributed by atoms with Gasteiger partial charge in [-0.05, 0) is 6.42 Å². The van der Waals surface area contributed by atoms with Gasteiger partial charge in [-0.1, -0.05) is 25.8 Å². The molecule has 12 heavy (non-hydrogen) atoms. The first-order valence-corrected chi connectivity index (χ1v) is 4.44. The van der Waals surface area contributed by atoms with Gasteiger partial charge in [0.25, 0.3) is 0 Å². The van der Waals surface area contributed by atoms with E-state index in [0.717, 1.165) is 18.4 Å². The van der Waals surface area contributed by atoms with Crippen LogP contribution < -0.4 is 0 Å². The molecule has 0 saturated heterocycles. The van der Waals surface area contributed by atoms with E-state index in [4.69, 9.17) is 0 Å². The summed E-state index contributed by atoms with van der Waals surface area (Å²) >= 11 is 0. The van der Waals surface area contributed by atoms with Crippen molar-refractivity contribution in [1.82, 2.24) is 0 Å². The van der Waals surface area contributed by atoms with Crippen LogP contribution >= 0.6 is 0 Å². The highest BCUT2D eigenvalue weighted by Crippen LogP contribution is 2.22. The second-order valence-corrected chi connectivity index (χ2v) is 3.11. The molecule has 1 aliphatic rings. The van der Waals surface area contributed by atoms with E-state index in [1.807, 2.05) is 19.9 Å². The van der Waals surface area contributed by atoms with Crippen LogP contribution in [0.3, 0.4) is 0 Å². The molecule has 0 bridgehead atoms. The molecule has 0 spiro atoms. The molecule has 0 heterocycles. The topological polar surface area (TPSA) is 17.1 Å². The van der Waals surface area contributed by atoms with E-state index in [2.05, 4.69) is 11.8 Å². The van der Waals surface area contributed by atoms with Crippen molar-refractivity contribution in [3.05, 3.63) is 11.6 Å². The first-order chi connectivity index (χ1) is 5.75. The third-order valence-electron chi connectivity index (χ3n) is 2.06. The van der Waals surface area contributed by atoms with Crippen LogP contribution in [0.15, 0.2) is 11.6 Å². The average molecular weight is 162 g/mol. The van der Waals surface area contributed by atoms with Crippen molar-refractivity contribution in [2.45, 2.75) is 33.1 Å². The molecule has 0 aromatic rings. The van der Waals surface area contributed by atoms with Gasteiger partial charge in [-0.3, -0.25) is 4.79 Å². The second kappa shape index (κ2) is 4.11. The van der Waals surface area contributed by atoms with Crippen molar-refractivity contribution < 1.29 is 4.79 Å². The second-order valence-electron chi connectivity index (χ2n) is 3.11. The predicted octanol–water partition coefficient (Wildman–Crippen LogP) is 2.33. The summed E-state index contributed by atoms with van der Waals surface area (Å²) < 4.78 is 0. The number of allylic oxidation sites excluding steroid dienone is 2. The summed E-state index contributed by atoms with van der Waals surface area (Å²) in [6.45, 7) is 3.99. The zero-order valence-electron chi connectivity index (χ0n) is 7.68. The lowest BCUT2D eigenvalue weighted by molar-refractivity contribution is -0.117. The van der Waals surface area contributed by atoms with Crippen molar-refractivity contribution in [2.75, 3.05) is 0 Å². The number of carbonyl (C=O) groups is 1. The molecule has 1 rings (SSSR count). The molecule has 0 amide bonds. The molecule has 1 nitrogen and oxygen atoms in total. The molecule has 0 fully saturated rings. The standard InChI is InChI=1S/C11H14O/c1-3-4-5-6-10-8-7-9(2)11(10)12/h8-9H,3,6-7H2,1-2H3. The summed E-state index contributed by atoms with van der Waals surface area (Å²) in [5.74, 6) is 6.45. The number of hydrogen-bond acceptors (Lipinski definition) is 1.